The number of rotatable bonds is 0. The van der Waals surface area contributed by atoms with E-state index in [4.69, 9.17) is 11.5 Å². The number of hydrogen-bond donors (Lipinski definition) is 2. The maximum absolute atomic E-state index is 6.07. The summed E-state index contributed by atoms with van der Waals surface area (Å²) in [5, 5.41) is 4.08. The highest BCUT2D eigenvalue weighted by molar-refractivity contribution is 6.20. The van der Waals surface area contributed by atoms with E-state index in [1.165, 1.54) is 0 Å². The van der Waals surface area contributed by atoms with E-state index in [1.807, 2.05) is 36.4 Å². The second-order valence-corrected chi connectivity index (χ2v) is 4.84. The third kappa shape index (κ3) is 1.42. The first-order chi connectivity index (χ1) is 9.74. The molecule has 96 valence electrons. The molecule has 0 bridgehead atoms. The van der Waals surface area contributed by atoms with E-state index < -0.39 is 0 Å². The van der Waals surface area contributed by atoms with Crippen molar-refractivity contribution in [3.63, 3.8) is 0 Å². The van der Waals surface area contributed by atoms with Crippen LogP contribution < -0.4 is 11.5 Å². The lowest BCUT2D eigenvalue weighted by atomic mass is 10.0. The van der Waals surface area contributed by atoms with Crippen molar-refractivity contribution in [1.82, 2.24) is 9.97 Å². The molecule has 20 heavy (non-hydrogen) atoms. The Morgan fingerprint density at radius 2 is 1.60 bits per heavy atom. The van der Waals surface area contributed by atoms with Crippen LogP contribution in [0, 0.1) is 0 Å². The van der Waals surface area contributed by atoms with Crippen LogP contribution in [0.1, 0.15) is 0 Å². The molecule has 2 heterocycles. The van der Waals surface area contributed by atoms with Gasteiger partial charge in [-0.2, -0.15) is 0 Å². The number of pyridine rings is 2. The molecule has 4 aromatic rings. The summed E-state index contributed by atoms with van der Waals surface area (Å²) < 4.78 is 0. The van der Waals surface area contributed by atoms with E-state index in [9.17, 15) is 0 Å². The zero-order valence-electron chi connectivity index (χ0n) is 10.7. The molecule has 0 saturated carbocycles. The standard InChI is InChI=1S/C16H12N4/c17-9-5-6-11-14(7-9)20-16(18)12-8-19-13-4-2-1-3-10(13)15(11)12/h1-8H,17H2,(H2,18,20). The van der Waals surface area contributed by atoms with Gasteiger partial charge in [0.05, 0.1) is 11.0 Å². The second kappa shape index (κ2) is 3.81. The average molecular weight is 260 g/mol. The van der Waals surface area contributed by atoms with E-state index in [2.05, 4.69) is 16.0 Å². The van der Waals surface area contributed by atoms with Crippen molar-refractivity contribution in [1.29, 1.82) is 0 Å². The smallest absolute Gasteiger partial charge is 0.133 e. The van der Waals surface area contributed by atoms with Gasteiger partial charge in [-0.1, -0.05) is 24.3 Å². The summed E-state index contributed by atoms with van der Waals surface area (Å²) in [6.45, 7) is 0. The normalized spacial score (nSPS) is 11.4. The van der Waals surface area contributed by atoms with Crippen molar-refractivity contribution >= 4 is 44.1 Å². The zero-order valence-corrected chi connectivity index (χ0v) is 10.7. The topological polar surface area (TPSA) is 77.8 Å². The van der Waals surface area contributed by atoms with Gasteiger partial charge in [0.15, 0.2) is 0 Å². The van der Waals surface area contributed by atoms with E-state index in [0.717, 1.165) is 32.6 Å². The Morgan fingerprint density at radius 3 is 2.50 bits per heavy atom. The minimum absolute atomic E-state index is 0.483. The molecule has 0 unspecified atom stereocenters. The molecule has 0 radical (unpaired) electrons. The molecule has 0 atom stereocenters. The van der Waals surface area contributed by atoms with Crippen molar-refractivity contribution in [2.45, 2.75) is 0 Å². The van der Waals surface area contributed by atoms with E-state index >= 15 is 0 Å². The molecule has 4 nitrogen and oxygen atoms in total. The van der Waals surface area contributed by atoms with Crippen LogP contribution in [0.15, 0.2) is 48.7 Å². The average Bonchev–Trinajstić information content (AvgIpc) is 2.46. The summed E-state index contributed by atoms with van der Waals surface area (Å²) in [4.78, 5) is 8.88. The Hall–Kier alpha value is -2.88. The molecular weight excluding hydrogens is 248 g/mol. The van der Waals surface area contributed by atoms with Crippen molar-refractivity contribution in [3.8, 4) is 0 Å². The van der Waals surface area contributed by atoms with E-state index in [-0.39, 0.29) is 0 Å². The molecule has 0 fully saturated rings. The SMILES string of the molecule is Nc1ccc2c(c1)nc(N)c1cnc3ccccc3c12. The van der Waals surface area contributed by atoms with Crippen LogP contribution in [-0.2, 0) is 0 Å². The quantitative estimate of drug-likeness (QED) is 0.376. The first-order valence-electron chi connectivity index (χ1n) is 6.36. The van der Waals surface area contributed by atoms with Crippen molar-refractivity contribution in [2.75, 3.05) is 11.5 Å². The molecule has 0 aliphatic carbocycles. The minimum Gasteiger partial charge on any atom is -0.399 e. The Labute approximate surface area is 115 Å². The highest BCUT2D eigenvalue weighted by Crippen LogP contribution is 2.33. The van der Waals surface area contributed by atoms with Crippen molar-refractivity contribution < 1.29 is 0 Å². The maximum atomic E-state index is 6.07. The van der Waals surface area contributed by atoms with Gasteiger partial charge >= 0.3 is 0 Å². The van der Waals surface area contributed by atoms with Gasteiger partial charge in [0.25, 0.3) is 0 Å². The molecule has 0 aliphatic heterocycles. The first-order valence-corrected chi connectivity index (χ1v) is 6.36. The van der Waals surface area contributed by atoms with Gasteiger partial charge in [0.2, 0.25) is 0 Å². The lowest BCUT2D eigenvalue weighted by Crippen LogP contribution is -1.96. The monoisotopic (exact) mass is 260 g/mol. The predicted molar refractivity (Wildman–Crippen MR) is 83.4 cm³/mol. The molecule has 4 rings (SSSR count). The van der Waals surface area contributed by atoms with Crippen LogP contribution in [-0.4, -0.2) is 9.97 Å². The van der Waals surface area contributed by atoms with Gasteiger partial charge in [-0.15, -0.1) is 0 Å². The molecule has 0 aliphatic rings. The fourth-order valence-electron chi connectivity index (χ4n) is 2.67. The summed E-state index contributed by atoms with van der Waals surface area (Å²) in [6, 6.07) is 13.8. The van der Waals surface area contributed by atoms with Gasteiger partial charge in [-0.25, -0.2) is 4.98 Å². The number of para-hydroxylation sites is 1. The predicted octanol–water partition coefficient (Wildman–Crippen LogP) is 3.10. The van der Waals surface area contributed by atoms with Gasteiger partial charge in [0.1, 0.15) is 5.82 Å². The largest absolute Gasteiger partial charge is 0.399 e. The number of aromatic nitrogens is 2. The van der Waals surface area contributed by atoms with Crippen LogP contribution >= 0.6 is 0 Å². The summed E-state index contributed by atoms with van der Waals surface area (Å²) in [5.41, 5.74) is 14.4. The Morgan fingerprint density at radius 1 is 0.800 bits per heavy atom. The molecule has 4 N–H and O–H groups in total. The number of nitrogens with zero attached hydrogens (tertiary/aromatic N) is 2. The molecular formula is C16H12N4. The van der Waals surface area contributed by atoms with E-state index in [1.54, 1.807) is 6.20 Å². The molecule has 2 aromatic heterocycles. The highest BCUT2D eigenvalue weighted by Gasteiger charge is 2.10. The molecule has 0 spiro atoms. The highest BCUT2D eigenvalue weighted by atomic mass is 14.8. The fraction of sp³-hybridized carbons (Fsp3) is 0. The van der Waals surface area contributed by atoms with Crippen LogP contribution in [0.4, 0.5) is 11.5 Å². The van der Waals surface area contributed by atoms with Crippen molar-refractivity contribution in [2.24, 2.45) is 0 Å². The fourth-order valence-corrected chi connectivity index (χ4v) is 2.67. The number of nitrogen functional groups attached to an aromatic ring is 2. The summed E-state index contributed by atoms with van der Waals surface area (Å²) in [6.07, 6.45) is 1.79. The minimum atomic E-state index is 0.483. The number of fused-ring (bicyclic) bond motifs is 5. The summed E-state index contributed by atoms with van der Waals surface area (Å²) in [5.74, 6) is 0.483. The third-order valence-electron chi connectivity index (χ3n) is 3.58. The van der Waals surface area contributed by atoms with Gasteiger partial charge in [-0.05, 0) is 18.2 Å². The van der Waals surface area contributed by atoms with Crippen LogP contribution in [0.2, 0.25) is 0 Å². The Bertz CT molecular complexity index is 976. The number of anilines is 2. The van der Waals surface area contributed by atoms with E-state index in [0.29, 0.717) is 11.5 Å². The molecule has 0 saturated heterocycles. The zero-order chi connectivity index (χ0) is 13.7. The maximum Gasteiger partial charge on any atom is 0.133 e. The third-order valence-corrected chi connectivity index (χ3v) is 3.58. The summed E-state index contributed by atoms with van der Waals surface area (Å²) >= 11 is 0. The Kier molecular flexibility index (Phi) is 2.09. The first kappa shape index (κ1) is 11.0. The molecule has 4 heteroatoms. The molecule has 0 amide bonds. The van der Waals surface area contributed by atoms with Crippen LogP contribution in [0.3, 0.4) is 0 Å². The van der Waals surface area contributed by atoms with Crippen LogP contribution in [0.5, 0.6) is 0 Å². The van der Waals surface area contributed by atoms with Gasteiger partial charge < -0.3 is 11.5 Å². The Balaban J connectivity index is 2.36. The number of nitrogens with two attached hydrogens (primary N) is 2. The molecule has 2 aromatic carbocycles. The lowest BCUT2D eigenvalue weighted by molar-refractivity contribution is 1.41. The second-order valence-electron chi connectivity index (χ2n) is 4.84. The number of benzene rings is 2. The van der Waals surface area contributed by atoms with Gasteiger partial charge in [-0.3, -0.25) is 4.98 Å². The van der Waals surface area contributed by atoms with Gasteiger partial charge in [0, 0.05) is 33.4 Å². The number of hydrogen-bond acceptors (Lipinski definition) is 4. The van der Waals surface area contributed by atoms with Crippen LogP contribution in [0.25, 0.3) is 32.6 Å². The van der Waals surface area contributed by atoms with Crippen molar-refractivity contribution in [3.05, 3.63) is 48.7 Å². The summed E-state index contributed by atoms with van der Waals surface area (Å²) in [7, 11) is 0. The lowest BCUT2D eigenvalue weighted by Gasteiger charge is -2.09.